The fourth-order valence-corrected chi connectivity index (χ4v) is 9.01. The molecule has 12 aromatic rings. The number of nitrogens with zero attached hydrogens (tertiary/aromatic N) is 5. The summed E-state index contributed by atoms with van der Waals surface area (Å²) < 4.78 is 11.3. The molecule has 0 amide bonds. The molecule has 0 aliphatic heterocycles. The number of benzene rings is 8. The summed E-state index contributed by atoms with van der Waals surface area (Å²) >= 11 is 0. The highest BCUT2D eigenvalue weighted by atomic mass is 16.3. The monoisotopic (exact) mass is 753 g/mol. The molecule has 0 unspecified atom stereocenters. The lowest BCUT2D eigenvalue weighted by atomic mass is 9.97. The second-order valence-electron chi connectivity index (χ2n) is 14.8. The molecule has 4 heterocycles. The Morgan fingerprint density at radius 3 is 1.59 bits per heavy atom. The molecule has 0 atom stereocenters. The molecule has 0 N–H and O–H groups in total. The van der Waals surface area contributed by atoms with Gasteiger partial charge in [0.2, 0.25) is 0 Å². The molecule has 0 radical (unpaired) electrons. The Bertz CT molecular complexity index is 3630. The highest BCUT2D eigenvalue weighted by molar-refractivity contribution is 6.15. The summed E-state index contributed by atoms with van der Waals surface area (Å²) in [4.78, 5) is 10.1. The first-order chi connectivity index (χ1) is 29.2. The molecule has 0 aliphatic rings. The van der Waals surface area contributed by atoms with Gasteiger partial charge in [-0.3, -0.25) is 0 Å². The minimum atomic E-state index is 0.412. The zero-order valence-electron chi connectivity index (χ0n) is 31.5. The van der Waals surface area contributed by atoms with Crippen LogP contribution >= 0.6 is 0 Å². The van der Waals surface area contributed by atoms with E-state index in [1.54, 1.807) is 0 Å². The molecule has 8 aromatic carbocycles. The van der Waals surface area contributed by atoms with Gasteiger partial charge in [-0.15, -0.1) is 0 Å². The van der Waals surface area contributed by atoms with Gasteiger partial charge in [0.05, 0.1) is 33.5 Å². The minimum absolute atomic E-state index is 0.412. The molecule has 274 valence electrons. The number of fused-ring (bicyclic) bond motifs is 9. The van der Waals surface area contributed by atoms with Crippen LogP contribution in [-0.2, 0) is 0 Å². The summed E-state index contributed by atoms with van der Waals surface area (Å²) in [6, 6.07) is 67.3. The maximum atomic E-state index is 10.8. The van der Waals surface area contributed by atoms with Gasteiger partial charge in [-0.25, -0.2) is 9.97 Å². The van der Waals surface area contributed by atoms with E-state index >= 15 is 0 Å². The molecule has 6 heteroatoms. The Balaban J connectivity index is 1.09. The molecule has 59 heavy (non-hydrogen) atoms. The Hall–Kier alpha value is -8.27. The lowest BCUT2D eigenvalue weighted by Gasteiger charge is -2.13. The van der Waals surface area contributed by atoms with Crippen molar-refractivity contribution in [2.75, 3.05) is 0 Å². The number of nitriles is 1. The summed E-state index contributed by atoms with van der Waals surface area (Å²) in [5.74, 6) is 0.550. The van der Waals surface area contributed by atoms with Crippen LogP contribution in [0.3, 0.4) is 0 Å². The molecule has 0 saturated carbocycles. The third kappa shape index (κ3) is 4.99. The van der Waals surface area contributed by atoms with Gasteiger partial charge in [-0.1, -0.05) is 127 Å². The summed E-state index contributed by atoms with van der Waals surface area (Å²) in [5, 5.41) is 17.5. The molecule has 0 saturated heterocycles. The summed E-state index contributed by atoms with van der Waals surface area (Å²) in [5.41, 5.74) is 12.3. The fraction of sp³-hybridized carbons (Fsp3) is 0. The number of aromatic nitrogens is 4. The van der Waals surface area contributed by atoms with Crippen molar-refractivity contribution < 1.29 is 4.42 Å². The zero-order valence-corrected chi connectivity index (χ0v) is 31.5. The summed E-state index contributed by atoms with van der Waals surface area (Å²) in [6.45, 7) is 0. The van der Waals surface area contributed by atoms with Gasteiger partial charge in [0.15, 0.2) is 5.82 Å². The SMILES string of the molecule is N#Cc1c(-c2ccccc2)nc(-c2ccccc2)nc1-c1cccc2oc3ccc(-n4c5ccccc5c5cc(-n6c7ccccc7c7ccccc76)ccc54)cc3c12. The van der Waals surface area contributed by atoms with Gasteiger partial charge in [0, 0.05) is 60.4 Å². The van der Waals surface area contributed by atoms with E-state index in [4.69, 9.17) is 14.4 Å². The Morgan fingerprint density at radius 2 is 0.949 bits per heavy atom. The van der Waals surface area contributed by atoms with Gasteiger partial charge in [0.25, 0.3) is 0 Å². The summed E-state index contributed by atoms with van der Waals surface area (Å²) in [6.07, 6.45) is 0. The van der Waals surface area contributed by atoms with E-state index in [0.717, 1.165) is 61.0 Å². The highest BCUT2D eigenvalue weighted by Crippen LogP contribution is 2.42. The van der Waals surface area contributed by atoms with Crippen molar-refractivity contribution in [2.24, 2.45) is 0 Å². The van der Waals surface area contributed by atoms with Crippen molar-refractivity contribution in [2.45, 2.75) is 0 Å². The maximum Gasteiger partial charge on any atom is 0.160 e. The third-order valence-electron chi connectivity index (χ3n) is 11.6. The topological polar surface area (TPSA) is 72.6 Å². The Kier molecular flexibility index (Phi) is 7.19. The number of hydrogen-bond acceptors (Lipinski definition) is 4. The van der Waals surface area contributed by atoms with Crippen molar-refractivity contribution in [3.8, 4) is 51.3 Å². The maximum absolute atomic E-state index is 10.8. The predicted molar refractivity (Wildman–Crippen MR) is 239 cm³/mol. The highest BCUT2D eigenvalue weighted by Gasteiger charge is 2.23. The van der Waals surface area contributed by atoms with Gasteiger partial charge >= 0.3 is 0 Å². The second-order valence-corrected chi connectivity index (χ2v) is 14.8. The van der Waals surface area contributed by atoms with E-state index in [-0.39, 0.29) is 0 Å². The van der Waals surface area contributed by atoms with Crippen molar-refractivity contribution >= 4 is 65.6 Å². The molecular weight excluding hydrogens is 723 g/mol. The third-order valence-corrected chi connectivity index (χ3v) is 11.6. The minimum Gasteiger partial charge on any atom is -0.456 e. The van der Waals surface area contributed by atoms with Crippen molar-refractivity contribution in [1.82, 2.24) is 19.1 Å². The molecule has 6 nitrogen and oxygen atoms in total. The number of rotatable bonds is 5. The van der Waals surface area contributed by atoms with Gasteiger partial charge in [0.1, 0.15) is 22.8 Å². The average Bonchev–Trinajstić information content (AvgIpc) is 3.96. The molecule has 12 rings (SSSR count). The molecular formula is C53H31N5O. The second kappa shape index (κ2) is 12.9. The van der Waals surface area contributed by atoms with Crippen LogP contribution in [0.25, 0.3) is 111 Å². The Labute approximate surface area is 338 Å². The first kappa shape index (κ1) is 32.9. The van der Waals surface area contributed by atoms with Crippen molar-refractivity contribution in [1.29, 1.82) is 5.26 Å². The fourth-order valence-electron chi connectivity index (χ4n) is 9.01. The molecule has 0 aliphatic carbocycles. The molecule has 0 bridgehead atoms. The van der Waals surface area contributed by atoms with E-state index in [9.17, 15) is 5.26 Å². The van der Waals surface area contributed by atoms with Crippen LogP contribution in [0.5, 0.6) is 0 Å². The first-order valence-corrected chi connectivity index (χ1v) is 19.6. The van der Waals surface area contributed by atoms with E-state index in [1.807, 2.05) is 78.9 Å². The lowest BCUT2D eigenvalue weighted by molar-refractivity contribution is 0.669. The number of hydrogen-bond donors (Lipinski definition) is 0. The zero-order chi connectivity index (χ0) is 39.0. The van der Waals surface area contributed by atoms with Crippen LogP contribution in [0.1, 0.15) is 5.56 Å². The van der Waals surface area contributed by atoms with E-state index < -0.39 is 0 Å². The van der Waals surface area contributed by atoms with Crippen molar-refractivity contribution in [3.05, 3.63) is 194 Å². The lowest BCUT2D eigenvalue weighted by Crippen LogP contribution is -2.01. The van der Waals surface area contributed by atoms with Crippen molar-refractivity contribution in [3.63, 3.8) is 0 Å². The average molecular weight is 754 g/mol. The van der Waals surface area contributed by atoms with Gasteiger partial charge in [-0.05, 0) is 60.7 Å². The van der Waals surface area contributed by atoms with Gasteiger partial charge < -0.3 is 13.6 Å². The normalized spacial score (nSPS) is 11.7. The van der Waals surface area contributed by atoms with Crippen LogP contribution in [0.4, 0.5) is 0 Å². The van der Waals surface area contributed by atoms with Crippen LogP contribution < -0.4 is 0 Å². The largest absolute Gasteiger partial charge is 0.456 e. The van der Waals surface area contributed by atoms with E-state index in [1.165, 1.54) is 32.6 Å². The summed E-state index contributed by atoms with van der Waals surface area (Å²) in [7, 11) is 0. The molecule has 0 fully saturated rings. The quantitative estimate of drug-likeness (QED) is 0.175. The van der Waals surface area contributed by atoms with Crippen LogP contribution in [0.2, 0.25) is 0 Å². The van der Waals surface area contributed by atoms with Crippen LogP contribution in [0, 0.1) is 11.3 Å². The standard InChI is InChI=1S/C53H31N5O/c54-32-43-51(33-14-3-1-4-15-33)55-53(34-16-5-2-6-17-34)56-52(43)40-21-13-25-49-50(40)42-31-36(27-29-48(42)59-49)58-46-24-12-9-20-39(46)41-30-35(26-28-47(41)58)57-44-22-10-7-18-37(44)38-19-8-11-23-45(38)57/h1-31H. The van der Waals surface area contributed by atoms with E-state index in [2.05, 4.69) is 124 Å². The number of para-hydroxylation sites is 3. The molecule has 0 spiro atoms. The van der Waals surface area contributed by atoms with Gasteiger partial charge in [-0.2, -0.15) is 5.26 Å². The molecule has 4 aromatic heterocycles. The Morgan fingerprint density at radius 1 is 0.424 bits per heavy atom. The predicted octanol–water partition coefficient (Wildman–Crippen LogP) is 13.4. The first-order valence-electron chi connectivity index (χ1n) is 19.6. The van der Waals surface area contributed by atoms with Crippen LogP contribution in [0.15, 0.2) is 192 Å². The smallest absolute Gasteiger partial charge is 0.160 e. The van der Waals surface area contributed by atoms with E-state index in [0.29, 0.717) is 22.8 Å². The number of furan rings is 1. The van der Waals surface area contributed by atoms with Crippen LogP contribution in [-0.4, -0.2) is 19.1 Å².